The molecule has 1 amide bonds. The lowest BCUT2D eigenvalue weighted by Gasteiger charge is -2.14. The van der Waals surface area contributed by atoms with Crippen LogP contribution in [-0.2, 0) is 4.79 Å². The summed E-state index contributed by atoms with van der Waals surface area (Å²) in [4.78, 5) is 20.5. The third-order valence-corrected chi connectivity index (χ3v) is 5.66. The number of aromatic amines is 1. The van der Waals surface area contributed by atoms with E-state index in [1.165, 1.54) is 11.8 Å². The average Bonchev–Trinajstić information content (AvgIpc) is 3.11. The largest absolute Gasteiger partial charge is 0.494 e. The van der Waals surface area contributed by atoms with Crippen LogP contribution in [0.15, 0.2) is 53.7 Å². The molecule has 0 aliphatic heterocycles. The van der Waals surface area contributed by atoms with Crippen LogP contribution in [0.5, 0.6) is 5.75 Å². The zero-order valence-electron chi connectivity index (χ0n) is 16.2. The fourth-order valence-corrected chi connectivity index (χ4v) is 3.85. The highest BCUT2D eigenvalue weighted by Crippen LogP contribution is 2.27. The van der Waals surface area contributed by atoms with Crippen LogP contribution in [0.1, 0.15) is 20.3 Å². The molecule has 0 saturated heterocycles. The van der Waals surface area contributed by atoms with Crippen molar-refractivity contribution < 1.29 is 9.53 Å². The summed E-state index contributed by atoms with van der Waals surface area (Å²) in [6, 6.07) is 15.2. The number of para-hydroxylation sites is 1. The molecule has 0 radical (unpaired) electrons. The van der Waals surface area contributed by atoms with Gasteiger partial charge in [0.1, 0.15) is 11.3 Å². The molecule has 1 unspecified atom stereocenters. The number of carbonyl (C=O) groups is 1. The van der Waals surface area contributed by atoms with Gasteiger partial charge in [0.25, 0.3) is 0 Å². The highest BCUT2D eigenvalue weighted by molar-refractivity contribution is 8.00. The van der Waals surface area contributed by atoms with Gasteiger partial charge in [-0.2, -0.15) is 0 Å². The molecule has 0 aliphatic carbocycles. The number of H-pyrrole nitrogens is 1. The second-order valence-electron chi connectivity index (χ2n) is 6.42. The molecule has 4 rings (SSSR count). The molecule has 2 N–H and O–H groups in total. The zero-order valence-corrected chi connectivity index (χ0v) is 17.0. The summed E-state index contributed by atoms with van der Waals surface area (Å²) in [6.45, 7) is 4.50. The van der Waals surface area contributed by atoms with Gasteiger partial charge in [-0.25, -0.2) is 4.98 Å². The van der Waals surface area contributed by atoms with Gasteiger partial charge in [0.2, 0.25) is 11.1 Å². The third kappa shape index (κ3) is 4.17. The summed E-state index contributed by atoms with van der Waals surface area (Å²) in [6.07, 6.45) is 0.641. The van der Waals surface area contributed by atoms with E-state index < -0.39 is 0 Å². The first-order chi connectivity index (χ1) is 14.2. The summed E-state index contributed by atoms with van der Waals surface area (Å²) in [5, 5.41) is 12.6. The minimum atomic E-state index is -0.329. The standard InChI is InChI=1S/C21H21N5O2S/c1-3-17(20(27)22-13-9-11-14(12-10-13)28-4-2)29-21-24-19-18(25-26-21)15-7-5-6-8-16(15)23-19/h5-12,17H,3-4H2,1-2H3,(H,22,27)(H,23,24,26). The van der Waals surface area contributed by atoms with E-state index in [-0.39, 0.29) is 11.2 Å². The molecule has 0 saturated carbocycles. The van der Waals surface area contributed by atoms with E-state index in [2.05, 4.69) is 25.5 Å². The van der Waals surface area contributed by atoms with Gasteiger partial charge in [-0.3, -0.25) is 4.79 Å². The van der Waals surface area contributed by atoms with E-state index in [0.717, 1.165) is 27.9 Å². The molecule has 4 aromatic rings. The van der Waals surface area contributed by atoms with Gasteiger partial charge in [-0.05, 0) is 43.7 Å². The molecule has 2 aromatic carbocycles. The van der Waals surface area contributed by atoms with Crippen molar-refractivity contribution in [3.05, 3.63) is 48.5 Å². The van der Waals surface area contributed by atoms with Crippen LogP contribution >= 0.6 is 11.8 Å². The average molecular weight is 407 g/mol. The predicted molar refractivity (Wildman–Crippen MR) is 115 cm³/mol. The molecular weight excluding hydrogens is 386 g/mol. The summed E-state index contributed by atoms with van der Waals surface area (Å²) >= 11 is 1.31. The van der Waals surface area contributed by atoms with Gasteiger partial charge in [0.15, 0.2) is 5.65 Å². The van der Waals surface area contributed by atoms with Crippen molar-refractivity contribution >= 4 is 45.4 Å². The lowest BCUT2D eigenvalue weighted by atomic mass is 10.2. The Kier molecular flexibility index (Phi) is 5.62. The van der Waals surface area contributed by atoms with Crippen molar-refractivity contribution in [1.29, 1.82) is 0 Å². The fourth-order valence-electron chi connectivity index (χ4n) is 3.03. The number of benzene rings is 2. The molecule has 7 nitrogen and oxygen atoms in total. The molecule has 2 heterocycles. The summed E-state index contributed by atoms with van der Waals surface area (Å²) in [7, 11) is 0. The maximum absolute atomic E-state index is 12.7. The van der Waals surface area contributed by atoms with E-state index in [9.17, 15) is 4.79 Å². The fraction of sp³-hybridized carbons (Fsp3) is 0.238. The Bertz CT molecular complexity index is 1140. The Hall–Kier alpha value is -3.13. The maximum atomic E-state index is 12.7. The molecule has 2 aromatic heterocycles. The van der Waals surface area contributed by atoms with Crippen LogP contribution in [0.3, 0.4) is 0 Å². The van der Waals surface area contributed by atoms with Crippen LogP contribution in [0.25, 0.3) is 22.1 Å². The second-order valence-corrected chi connectivity index (χ2v) is 7.59. The predicted octanol–water partition coefficient (Wildman–Crippen LogP) is 4.41. The number of rotatable bonds is 7. The number of ether oxygens (including phenoxy) is 1. The van der Waals surface area contributed by atoms with Gasteiger partial charge in [0.05, 0.1) is 11.9 Å². The quantitative estimate of drug-likeness (QED) is 0.441. The monoisotopic (exact) mass is 407 g/mol. The van der Waals surface area contributed by atoms with E-state index in [1.807, 2.05) is 62.4 Å². The Morgan fingerprint density at radius 2 is 1.93 bits per heavy atom. The molecule has 8 heteroatoms. The first kappa shape index (κ1) is 19.2. The number of thioether (sulfide) groups is 1. The molecule has 0 fully saturated rings. The molecule has 1 atom stereocenters. The number of anilines is 1. The smallest absolute Gasteiger partial charge is 0.237 e. The van der Waals surface area contributed by atoms with Crippen molar-refractivity contribution in [2.75, 3.05) is 11.9 Å². The number of nitrogens with one attached hydrogen (secondary N) is 2. The Morgan fingerprint density at radius 3 is 2.69 bits per heavy atom. The third-order valence-electron chi connectivity index (χ3n) is 4.45. The summed E-state index contributed by atoms with van der Waals surface area (Å²) in [5.41, 5.74) is 3.09. The van der Waals surface area contributed by atoms with Crippen LogP contribution in [0.4, 0.5) is 5.69 Å². The van der Waals surface area contributed by atoms with Gasteiger partial charge >= 0.3 is 0 Å². The minimum Gasteiger partial charge on any atom is -0.494 e. The van der Waals surface area contributed by atoms with Crippen molar-refractivity contribution in [2.24, 2.45) is 0 Å². The molecular formula is C21H21N5O2S. The van der Waals surface area contributed by atoms with Gasteiger partial charge < -0.3 is 15.0 Å². The molecule has 148 valence electrons. The highest BCUT2D eigenvalue weighted by atomic mass is 32.2. The number of hydrogen-bond donors (Lipinski definition) is 2. The van der Waals surface area contributed by atoms with E-state index >= 15 is 0 Å². The minimum absolute atomic E-state index is 0.0954. The van der Waals surface area contributed by atoms with E-state index in [4.69, 9.17) is 4.74 Å². The van der Waals surface area contributed by atoms with Gasteiger partial charge in [0, 0.05) is 16.6 Å². The number of amides is 1. The van der Waals surface area contributed by atoms with E-state index in [1.54, 1.807) is 0 Å². The van der Waals surface area contributed by atoms with Gasteiger partial charge in [-0.15, -0.1) is 10.2 Å². The Labute approximate surface area is 172 Å². The normalized spacial score (nSPS) is 12.2. The van der Waals surface area contributed by atoms with Crippen LogP contribution in [0.2, 0.25) is 0 Å². The van der Waals surface area contributed by atoms with Crippen molar-refractivity contribution in [3.8, 4) is 5.75 Å². The van der Waals surface area contributed by atoms with Crippen molar-refractivity contribution in [1.82, 2.24) is 20.2 Å². The van der Waals surface area contributed by atoms with Crippen molar-refractivity contribution in [3.63, 3.8) is 0 Å². The number of fused-ring (bicyclic) bond motifs is 3. The SMILES string of the molecule is CCOc1ccc(NC(=O)C(CC)Sc2nnc3c(n2)[nH]c2ccccc23)cc1. The first-order valence-electron chi connectivity index (χ1n) is 9.49. The Balaban J connectivity index is 1.48. The summed E-state index contributed by atoms with van der Waals surface area (Å²) < 4.78 is 5.43. The topological polar surface area (TPSA) is 92.8 Å². The zero-order chi connectivity index (χ0) is 20.2. The van der Waals surface area contributed by atoms with Crippen LogP contribution in [-0.4, -0.2) is 37.9 Å². The number of hydrogen-bond acceptors (Lipinski definition) is 6. The summed E-state index contributed by atoms with van der Waals surface area (Å²) in [5.74, 6) is 0.681. The number of nitrogens with zero attached hydrogens (tertiary/aromatic N) is 3. The molecule has 0 bridgehead atoms. The lowest BCUT2D eigenvalue weighted by Crippen LogP contribution is -2.24. The number of aromatic nitrogens is 4. The van der Waals surface area contributed by atoms with Crippen LogP contribution < -0.4 is 10.1 Å². The van der Waals surface area contributed by atoms with Crippen LogP contribution in [0, 0.1) is 0 Å². The molecule has 0 aliphatic rings. The molecule has 0 spiro atoms. The molecule has 29 heavy (non-hydrogen) atoms. The Morgan fingerprint density at radius 1 is 1.14 bits per heavy atom. The number of carbonyl (C=O) groups excluding carboxylic acids is 1. The van der Waals surface area contributed by atoms with Gasteiger partial charge in [-0.1, -0.05) is 36.9 Å². The highest BCUT2D eigenvalue weighted by Gasteiger charge is 2.20. The van der Waals surface area contributed by atoms with Crippen molar-refractivity contribution in [2.45, 2.75) is 30.7 Å². The second kappa shape index (κ2) is 8.48. The maximum Gasteiger partial charge on any atom is 0.237 e. The first-order valence-corrected chi connectivity index (χ1v) is 10.4. The van der Waals surface area contributed by atoms with E-state index in [0.29, 0.717) is 23.8 Å². The lowest BCUT2D eigenvalue weighted by molar-refractivity contribution is -0.115.